The summed E-state index contributed by atoms with van der Waals surface area (Å²) in [6, 6.07) is 28.2. The number of carbonyl (C=O) groups is 1. The average molecular weight is 463 g/mol. The van der Waals surface area contributed by atoms with Crippen LogP contribution >= 0.6 is 11.3 Å². The third-order valence-corrected chi connectivity index (χ3v) is 7.83. The minimum atomic E-state index is -3.82. The summed E-state index contributed by atoms with van der Waals surface area (Å²) in [5.41, 5.74) is 1.78. The molecule has 162 valence electrons. The summed E-state index contributed by atoms with van der Waals surface area (Å²) in [6.45, 7) is 0. The number of thiophene rings is 1. The zero-order valence-corrected chi connectivity index (χ0v) is 19.0. The van der Waals surface area contributed by atoms with E-state index in [0.717, 1.165) is 10.4 Å². The van der Waals surface area contributed by atoms with E-state index in [2.05, 4.69) is 5.32 Å². The van der Waals surface area contributed by atoms with Crippen LogP contribution in [0.3, 0.4) is 0 Å². The third kappa shape index (κ3) is 4.59. The molecule has 0 radical (unpaired) electrons. The SMILES string of the molecule is CN(c1ccccc1)S(=O)(=O)c1cccc(C(=O)NC(c2ccccc2)c2cccs2)c1. The van der Waals surface area contributed by atoms with Gasteiger partial charge in [0.1, 0.15) is 0 Å². The molecule has 0 saturated carbocycles. The Kier molecular flexibility index (Phi) is 6.39. The van der Waals surface area contributed by atoms with Crippen LogP contribution in [0, 0.1) is 0 Å². The number of amides is 1. The van der Waals surface area contributed by atoms with Gasteiger partial charge in [-0.3, -0.25) is 9.10 Å². The van der Waals surface area contributed by atoms with Gasteiger partial charge >= 0.3 is 0 Å². The fraction of sp³-hybridized carbons (Fsp3) is 0.0800. The summed E-state index contributed by atoms with van der Waals surface area (Å²) in [6.07, 6.45) is 0. The maximum absolute atomic E-state index is 13.1. The lowest BCUT2D eigenvalue weighted by atomic mass is 10.0. The van der Waals surface area contributed by atoms with Crippen LogP contribution in [0.4, 0.5) is 5.69 Å². The van der Waals surface area contributed by atoms with Gasteiger partial charge in [0, 0.05) is 17.5 Å². The van der Waals surface area contributed by atoms with Crippen molar-refractivity contribution in [1.29, 1.82) is 0 Å². The average Bonchev–Trinajstić information content (AvgIpc) is 3.37. The molecule has 0 spiro atoms. The zero-order chi connectivity index (χ0) is 22.6. The molecule has 5 nitrogen and oxygen atoms in total. The van der Waals surface area contributed by atoms with E-state index in [9.17, 15) is 13.2 Å². The van der Waals surface area contributed by atoms with Gasteiger partial charge in [0.05, 0.1) is 16.6 Å². The van der Waals surface area contributed by atoms with Gasteiger partial charge in [-0.25, -0.2) is 8.42 Å². The van der Waals surface area contributed by atoms with E-state index in [0.29, 0.717) is 5.69 Å². The Morgan fingerprint density at radius 2 is 1.56 bits per heavy atom. The van der Waals surface area contributed by atoms with Crippen LogP contribution < -0.4 is 9.62 Å². The van der Waals surface area contributed by atoms with Crippen molar-refractivity contribution in [3.63, 3.8) is 0 Å². The minimum Gasteiger partial charge on any atom is -0.340 e. The summed E-state index contributed by atoms with van der Waals surface area (Å²) in [4.78, 5) is 14.2. The number of hydrogen-bond donors (Lipinski definition) is 1. The molecule has 3 aromatic carbocycles. The molecule has 1 atom stereocenters. The minimum absolute atomic E-state index is 0.0592. The Hall–Kier alpha value is -3.42. The number of nitrogens with zero attached hydrogens (tertiary/aromatic N) is 1. The van der Waals surface area contributed by atoms with Crippen molar-refractivity contribution in [2.45, 2.75) is 10.9 Å². The smallest absolute Gasteiger partial charge is 0.264 e. The molecule has 0 aliphatic carbocycles. The van der Waals surface area contributed by atoms with Crippen molar-refractivity contribution in [2.75, 3.05) is 11.4 Å². The zero-order valence-electron chi connectivity index (χ0n) is 17.4. The molecule has 1 N–H and O–H groups in total. The molecule has 0 saturated heterocycles. The Bertz CT molecular complexity index is 1290. The maximum atomic E-state index is 13.1. The van der Waals surface area contributed by atoms with Crippen LogP contribution in [0.1, 0.15) is 26.8 Å². The van der Waals surface area contributed by atoms with Crippen LogP contribution in [-0.4, -0.2) is 21.4 Å². The second-order valence-corrected chi connectivity index (χ2v) is 10.1. The number of rotatable bonds is 7. The molecule has 0 aliphatic heterocycles. The Morgan fingerprint density at radius 1 is 0.875 bits per heavy atom. The summed E-state index contributed by atoms with van der Waals surface area (Å²) in [7, 11) is -2.32. The number of anilines is 1. The van der Waals surface area contributed by atoms with Gasteiger partial charge in [0.25, 0.3) is 15.9 Å². The summed E-state index contributed by atoms with van der Waals surface area (Å²) < 4.78 is 27.5. The number of nitrogens with one attached hydrogen (secondary N) is 1. The normalized spacial score (nSPS) is 12.2. The molecule has 0 fully saturated rings. The van der Waals surface area contributed by atoms with Crippen molar-refractivity contribution in [3.8, 4) is 0 Å². The largest absolute Gasteiger partial charge is 0.340 e. The van der Waals surface area contributed by atoms with Gasteiger partial charge in [-0.15, -0.1) is 11.3 Å². The van der Waals surface area contributed by atoms with E-state index in [1.165, 1.54) is 23.5 Å². The van der Waals surface area contributed by atoms with E-state index < -0.39 is 10.0 Å². The lowest BCUT2D eigenvalue weighted by Gasteiger charge is -2.20. The van der Waals surface area contributed by atoms with Crippen molar-refractivity contribution < 1.29 is 13.2 Å². The van der Waals surface area contributed by atoms with Crippen molar-refractivity contribution >= 4 is 33.0 Å². The number of hydrogen-bond acceptors (Lipinski definition) is 4. The quantitative estimate of drug-likeness (QED) is 0.416. The molecule has 1 aromatic heterocycles. The lowest BCUT2D eigenvalue weighted by molar-refractivity contribution is 0.0943. The first-order chi connectivity index (χ1) is 15.5. The lowest BCUT2D eigenvalue weighted by Crippen LogP contribution is -2.30. The summed E-state index contributed by atoms with van der Waals surface area (Å²) in [5, 5.41) is 5.02. The van der Waals surface area contributed by atoms with Crippen LogP contribution in [-0.2, 0) is 10.0 Å². The van der Waals surface area contributed by atoms with Gasteiger partial charge in [-0.2, -0.15) is 0 Å². The van der Waals surface area contributed by atoms with E-state index in [-0.39, 0.29) is 22.4 Å². The first-order valence-electron chi connectivity index (χ1n) is 10.00. The highest BCUT2D eigenvalue weighted by atomic mass is 32.2. The molecule has 1 heterocycles. The molecule has 4 rings (SSSR count). The van der Waals surface area contributed by atoms with Gasteiger partial charge in [-0.1, -0.05) is 60.7 Å². The van der Waals surface area contributed by atoms with Crippen LogP contribution in [0.5, 0.6) is 0 Å². The van der Waals surface area contributed by atoms with Gasteiger partial charge in [-0.05, 0) is 47.3 Å². The number of para-hydroxylation sites is 1. The fourth-order valence-electron chi connectivity index (χ4n) is 3.37. The second-order valence-electron chi connectivity index (χ2n) is 7.17. The molecule has 7 heteroatoms. The molecule has 0 bridgehead atoms. The summed E-state index contributed by atoms with van der Waals surface area (Å²) >= 11 is 1.55. The maximum Gasteiger partial charge on any atom is 0.264 e. The Balaban J connectivity index is 1.62. The molecular weight excluding hydrogens is 440 g/mol. The van der Waals surface area contributed by atoms with E-state index in [4.69, 9.17) is 0 Å². The van der Waals surface area contributed by atoms with Gasteiger partial charge < -0.3 is 5.32 Å². The van der Waals surface area contributed by atoms with Gasteiger partial charge in [0.15, 0.2) is 0 Å². The van der Waals surface area contributed by atoms with Crippen molar-refractivity contribution in [1.82, 2.24) is 5.32 Å². The molecule has 1 amide bonds. The first kappa shape index (κ1) is 21.8. The van der Waals surface area contributed by atoms with Crippen LogP contribution in [0.15, 0.2) is 107 Å². The predicted molar refractivity (Wildman–Crippen MR) is 129 cm³/mol. The number of carbonyl (C=O) groups excluding carboxylic acids is 1. The topological polar surface area (TPSA) is 66.5 Å². The highest BCUT2D eigenvalue weighted by Gasteiger charge is 2.24. The molecule has 1 unspecified atom stereocenters. The van der Waals surface area contributed by atoms with E-state index in [1.807, 2.05) is 53.9 Å². The predicted octanol–water partition coefficient (Wildman–Crippen LogP) is 5.09. The molecule has 4 aromatic rings. The number of sulfonamides is 1. The Labute approximate surface area is 192 Å². The highest BCUT2D eigenvalue weighted by Crippen LogP contribution is 2.27. The van der Waals surface area contributed by atoms with Crippen LogP contribution in [0.2, 0.25) is 0 Å². The van der Waals surface area contributed by atoms with E-state index in [1.54, 1.807) is 47.7 Å². The highest BCUT2D eigenvalue weighted by molar-refractivity contribution is 7.92. The second kappa shape index (κ2) is 9.38. The fourth-order valence-corrected chi connectivity index (χ4v) is 5.41. The summed E-state index contributed by atoms with van der Waals surface area (Å²) in [5.74, 6) is -0.341. The van der Waals surface area contributed by atoms with E-state index >= 15 is 0 Å². The number of benzene rings is 3. The van der Waals surface area contributed by atoms with Crippen LogP contribution in [0.25, 0.3) is 0 Å². The first-order valence-corrected chi connectivity index (χ1v) is 12.3. The molecule has 32 heavy (non-hydrogen) atoms. The monoisotopic (exact) mass is 462 g/mol. The van der Waals surface area contributed by atoms with Crippen molar-refractivity contribution in [2.24, 2.45) is 0 Å². The third-order valence-electron chi connectivity index (χ3n) is 5.11. The van der Waals surface area contributed by atoms with Gasteiger partial charge in [0.2, 0.25) is 0 Å². The standard InChI is InChI=1S/C25H22N2O3S2/c1-27(21-13-6-3-7-14-21)32(29,30)22-15-8-12-20(18-22)25(28)26-24(23-16-9-17-31-23)19-10-4-2-5-11-19/h2-18,24H,1H3,(H,26,28). The Morgan fingerprint density at radius 3 is 2.22 bits per heavy atom. The molecule has 0 aliphatic rings. The van der Waals surface area contributed by atoms with Crippen molar-refractivity contribution in [3.05, 3.63) is 118 Å². The molecular formula is C25H22N2O3S2.